The van der Waals surface area contributed by atoms with Gasteiger partial charge in [-0.25, -0.2) is 0 Å². The van der Waals surface area contributed by atoms with Gasteiger partial charge in [-0.1, -0.05) is 75.4 Å². The highest BCUT2D eigenvalue weighted by molar-refractivity contribution is 7.35. The molecule has 9 fully saturated rings. The van der Waals surface area contributed by atoms with E-state index < -0.39 is 20.5 Å². The van der Waals surface area contributed by atoms with E-state index in [9.17, 15) is 9.90 Å². The molecule has 82 heavy (non-hydrogen) atoms. The van der Waals surface area contributed by atoms with Gasteiger partial charge in [0.2, 0.25) is 0 Å². The zero-order valence-corrected chi connectivity index (χ0v) is 53.3. The average Bonchev–Trinajstić information content (AvgIpc) is 1.83. The van der Waals surface area contributed by atoms with Crippen molar-refractivity contribution < 1.29 is 71.2 Å². The monoisotopic (exact) mass is 1180 g/mol. The summed E-state index contributed by atoms with van der Waals surface area (Å²) in [6.45, 7) is 26.4. The highest BCUT2D eigenvalue weighted by atomic mass is 31.1. The Kier molecular flexibility index (Phi) is 19.9. The molecule has 0 radical (unpaired) electrons. The number of para-hydroxylation sites is 3. The second-order valence-corrected chi connectivity index (χ2v) is 32.1. The van der Waals surface area contributed by atoms with Gasteiger partial charge in [-0.15, -0.1) is 8.58 Å². The quantitative estimate of drug-likeness (QED) is 0.0642. The largest absolute Gasteiger partial charge is 0.493 e. The molecular formula is C65H97O15PSi. The van der Waals surface area contributed by atoms with E-state index in [0.29, 0.717) is 32.8 Å². The van der Waals surface area contributed by atoms with Crippen LogP contribution in [-0.4, -0.2) is 176 Å². The van der Waals surface area contributed by atoms with Crippen LogP contribution in [0.4, 0.5) is 0 Å². The number of epoxide rings is 6. The third kappa shape index (κ3) is 13.9. The molecule has 456 valence electrons. The molecule has 0 amide bonds. The second kappa shape index (κ2) is 25.7. The summed E-state index contributed by atoms with van der Waals surface area (Å²) in [5, 5.41) is 10.5. The Bertz CT molecular complexity index is 2510. The fourth-order valence-corrected chi connectivity index (χ4v) is 15.3. The Morgan fingerprint density at radius 3 is 1.30 bits per heavy atom. The molecule has 17 heteroatoms. The first-order chi connectivity index (χ1) is 39.1. The van der Waals surface area contributed by atoms with Crippen molar-refractivity contribution in [2.75, 3.05) is 74.3 Å². The number of aliphatic hydroxyl groups excluding tert-OH is 1. The number of carbonyl (C=O) groups excluding carboxylic acids is 1. The second-order valence-electron chi connectivity index (χ2n) is 26.3. The SMILES string of the molecule is CO[C@@H]1C(=O)CC[C@]2(CO2)[C@H]1[C@@]1(C)O[C@@H]1CCOc1ccccc1.CO[C@@H]1[C@H](O)CC[C@]2(CO2)[C@H]1[C@@]1(C)O[C@@H]1CCOc1ccccc1.CO[C@@H]1[C@H](O[Si](C)(C)C(C)(C)C)CC[C@]2(CO2)[C@H]1[C@@]1(C)O[C@@H]1CCOc1ccccc1.CPC. The summed E-state index contributed by atoms with van der Waals surface area (Å²) < 4.78 is 77.8. The topological polar surface area (TPSA) is 177 Å². The molecule has 3 aromatic carbocycles. The Balaban J connectivity index is 0.000000146. The molecule has 6 aliphatic heterocycles. The normalized spacial score (nSPS) is 39.1. The number of methoxy groups -OCH3 is 3. The van der Waals surface area contributed by atoms with Crippen molar-refractivity contribution in [3.8, 4) is 17.2 Å². The van der Waals surface area contributed by atoms with Crippen molar-refractivity contribution in [3.05, 3.63) is 91.0 Å². The minimum Gasteiger partial charge on any atom is -0.493 e. The number of Topliss-reactive ketones (excluding diaryl/α,β-unsaturated/α-hetero) is 1. The summed E-state index contributed by atoms with van der Waals surface area (Å²) in [6.07, 6.45) is 6.74. The number of hydrogen-bond acceptors (Lipinski definition) is 15. The van der Waals surface area contributed by atoms with Crippen LogP contribution in [0.15, 0.2) is 91.0 Å². The lowest BCUT2D eigenvalue weighted by Gasteiger charge is -2.47. The van der Waals surface area contributed by atoms with E-state index in [0.717, 1.165) is 90.4 Å². The van der Waals surface area contributed by atoms with E-state index >= 15 is 0 Å². The molecular weight excluding hydrogens is 1080 g/mol. The van der Waals surface area contributed by atoms with Gasteiger partial charge in [-0.3, -0.25) is 4.79 Å². The fourth-order valence-electron chi connectivity index (χ4n) is 13.9. The van der Waals surface area contributed by atoms with Crippen molar-refractivity contribution in [1.29, 1.82) is 0 Å². The molecule has 6 heterocycles. The van der Waals surface area contributed by atoms with Gasteiger partial charge in [-0.2, -0.15) is 0 Å². The first kappa shape index (κ1) is 63.4. The maximum Gasteiger partial charge on any atom is 0.192 e. The van der Waals surface area contributed by atoms with Crippen LogP contribution in [0.1, 0.15) is 99.3 Å². The standard InChI is InChI=1S/C25H40O5Si.C19H26O5.C19H24O5.C2H7P/c1-23(2,3)31(6,7)30-19-13-15-25(17-28-25)22(21(19)26-5)24(4)20(29-24)14-16-27-18-11-9-8-10-12-18;2*1-18(15(24-18)9-11-22-13-6-4-3-5-7-13)17-16(21-2)14(20)8-10-19(17)12-23-19;1-3-2/h8-12,19-22H,13-17H2,1-7H3;3-7,14-17,20H,8-12H2,1-2H3;3-7,15-17H,8-12H2,1-2H3;3H,1-2H3/t19-,20-,21-,22-,24+,25+;14-,15-,16-,17-,18+,19+;15-,16-,17-,18+,19+;/m111./s1. The summed E-state index contributed by atoms with van der Waals surface area (Å²) >= 11 is 0. The van der Waals surface area contributed by atoms with E-state index in [4.69, 9.17) is 61.3 Å². The smallest absolute Gasteiger partial charge is 0.192 e. The molecule has 15 nitrogen and oxygen atoms in total. The number of ketones is 1. The Hall–Kier alpha value is -3.06. The predicted molar refractivity (Wildman–Crippen MR) is 319 cm³/mol. The minimum absolute atomic E-state index is 0.0181. The summed E-state index contributed by atoms with van der Waals surface area (Å²) in [5.41, 5.74) is -1.43. The molecule has 12 rings (SSSR count). The van der Waals surface area contributed by atoms with Gasteiger partial charge >= 0.3 is 0 Å². The Morgan fingerprint density at radius 1 is 0.573 bits per heavy atom. The van der Waals surface area contributed by atoms with E-state index in [1.165, 1.54) is 0 Å². The zero-order chi connectivity index (χ0) is 58.8. The van der Waals surface area contributed by atoms with Crippen LogP contribution in [0.2, 0.25) is 18.1 Å². The first-order valence-electron chi connectivity index (χ1n) is 30.2. The van der Waals surface area contributed by atoms with Gasteiger partial charge in [0.15, 0.2) is 14.1 Å². The summed E-state index contributed by atoms with van der Waals surface area (Å²) in [5.74, 6) is 3.03. The van der Waals surface area contributed by atoms with Crippen LogP contribution < -0.4 is 14.2 Å². The molecule has 3 saturated carbocycles. The number of benzene rings is 3. The van der Waals surface area contributed by atoms with Gasteiger partial charge < -0.3 is 66.4 Å². The van der Waals surface area contributed by atoms with Crippen LogP contribution in [0.5, 0.6) is 17.2 Å². The summed E-state index contributed by atoms with van der Waals surface area (Å²) in [6, 6.07) is 29.6. The molecule has 3 spiro atoms. The number of aliphatic hydroxyl groups is 1. The van der Waals surface area contributed by atoms with Gasteiger partial charge in [-0.05, 0) is 121 Å². The lowest BCUT2D eigenvalue weighted by atomic mass is 9.68. The van der Waals surface area contributed by atoms with Gasteiger partial charge in [0, 0.05) is 47.0 Å². The molecule has 3 aromatic rings. The number of hydrogen-bond donors (Lipinski definition) is 1. The van der Waals surface area contributed by atoms with E-state index in [2.05, 4.69) is 68.0 Å². The molecule has 0 unspecified atom stereocenters. The maximum absolute atomic E-state index is 12.3. The minimum atomic E-state index is -1.90. The third-order valence-corrected chi connectivity index (χ3v) is 24.3. The third-order valence-electron chi connectivity index (χ3n) is 19.8. The Morgan fingerprint density at radius 2 is 0.939 bits per heavy atom. The summed E-state index contributed by atoms with van der Waals surface area (Å²) in [7, 11) is 4.28. The van der Waals surface area contributed by atoms with Crippen LogP contribution in [-0.2, 0) is 51.9 Å². The van der Waals surface area contributed by atoms with Gasteiger partial charge in [0.25, 0.3) is 0 Å². The van der Waals surface area contributed by atoms with Gasteiger partial charge in [0.1, 0.15) is 45.8 Å². The molecule has 0 aromatic heterocycles. The maximum atomic E-state index is 12.3. The number of carbonyl (C=O) groups is 1. The van der Waals surface area contributed by atoms with Gasteiger partial charge in [0.05, 0.1) is 111 Å². The van der Waals surface area contributed by atoms with Crippen molar-refractivity contribution in [3.63, 3.8) is 0 Å². The Labute approximate surface area is 492 Å². The molecule has 9 aliphatic rings. The van der Waals surface area contributed by atoms with E-state index in [-0.39, 0.29) is 98.8 Å². The first-order valence-corrected chi connectivity index (χ1v) is 35.1. The average molecular weight is 1180 g/mol. The lowest BCUT2D eigenvalue weighted by molar-refractivity contribution is -0.142. The predicted octanol–water partition coefficient (Wildman–Crippen LogP) is 10.7. The lowest BCUT2D eigenvalue weighted by Crippen LogP contribution is -2.58. The van der Waals surface area contributed by atoms with E-state index in [1.54, 1.807) is 14.2 Å². The summed E-state index contributed by atoms with van der Waals surface area (Å²) in [4.78, 5) is 12.3. The van der Waals surface area contributed by atoms with Crippen LogP contribution >= 0.6 is 8.58 Å². The van der Waals surface area contributed by atoms with Crippen molar-refractivity contribution >= 4 is 22.7 Å². The van der Waals surface area contributed by atoms with E-state index in [1.807, 2.05) is 98.1 Å². The molecule has 6 saturated heterocycles. The van der Waals surface area contributed by atoms with Crippen LogP contribution in [0.25, 0.3) is 0 Å². The molecule has 17 atom stereocenters. The van der Waals surface area contributed by atoms with Crippen molar-refractivity contribution in [1.82, 2.24) is 0 Å². The highest BCUT2D eigenvalue weighted by Gasteiger charge is 2.74. The van der Waals surface area contributed by atoms with Crippen LogP contribution in [0, 0.1) is 17.8 Å². The molecule has 3 aliphatic carbocycles. The van der Waals surface area contributed by atoms with Crippen molar-refractivity contribution in [2.45, 2.75) is 200 Å². The van der Waals surface area contributed by atoms with Crippen molar-refractivity contribution in [2.24, 2.45) is 17.8 Å². The number of ether oxygens (including phenoxy) is 12. The fraction of sp³-hybridized carbons (Fsp3) is 0.708. The molecule has 0 bridgehead atoms. The zero-order valence-electron chi connectivity index (χ0n) is 51.3. The highest BCUT2D eigenvalue weighted by Crippen LogP contribution is 2.62. The number of rotatable bonds is 20. The van der Waals surface area contributed by atoms with Crippen LogP contribution in [0.3, 0.4) is 0 Å². The molecule has 1 N–H and O–H groups in total.